The number of aromatic nitrogens is 1. The number of aliphatic hydroxyl groups is 3. The van der Waals surface area contributed by atoms with Crippen molar-refractivity contribution in [3.8, 4) is 0 Å². The lowest BCUT2D eigenvalue weighted by molar-refractivity contribution is -0.331. The van der Waals surface area contributed by atoms with Crippen LogP contribution in [-0.2, 0) is 4.74 Å². The smallest absolute Gasteiger partial charge is 0.131 e. The molecule has 2 saturated heterocycles. The summed E-state index contributed by atoms with van der Waals surface area (Å²) in [5.41, 5.74) is 6.42. The molecule has 4 fully saturated rings. The van der Waals surface area contributed by atoms with Gasteiger partial charge in [-0.1, -0.05) is 25.1 Å². The van der Waals surface area contributed by atoms with Crippen LogP contribution in [0.25, 0.3) is 16.3 Å². The predicted octanol–water partition coefficient (Wildman–Crippen LogP) is 3.12. The molecule has 9 unspecified atom stereocenters. The minimum atomic E-state index is -1.01. The number of benzene rings is 1. The van der Waals surface area contributed by atoms with Crippen LogP contribution in [0.1, 0.15) is 57.4 Å². The Morgan fingerprint density at radius 1 is 1.05 bits per heavy atom. The lowest BCUT2D eigenvalue weighted by atomic mass is 9.51. The van der Waals surface area contributed by atoms with E-state index in [1.807, 2.05) is 25.1 Å². The van der Waals surface area contributed by atoms with E-state index in [2.05, 4.69) is 36.2 Å². The van der Waals surface area contributed by atoms with Gasteiger partial charge in [0.25, 0.3) is 0 Å². The third kappa shape index (κ3) is 2.92. The van der Waals surface area contributed by atoms with Crippen molar-refractivity contribution in [2.75, 3.05) is 19.8 Å². The zero-order valence-electron chi connectivity index (χ0n) is 22.0. The van der Waals surface area contributed by atoms with Crippen molar-refractivity contribution in [2.45, 2.75) is 86.9 Å². The molecule has 2 spiro atoms. The van der Waals surface area contributed by atoms with Gasteiger partial charge in [0.05, 0.1) is 23.4 Å². The number of likely N-dealkylation sites (N-methyl/N-ethyl adjacent to an activating group) is 1. The maximum atomic E-state index is 12.3. The molecule has 7 nitrogen and oxygen atoms in total. The highest BCUT2D eigenvalue weighted by atomic mass is 16.6. The van der Waals surface area contributed by atoms with Gasteiger partial charge in [-0.3, -0.25) is 0 Å². The molecule has 7 rings (SSSR count). The van der Waals surface area contributed by atoms with Gasteiger partial charge in [0.15, 0.2) is 0 Å². The minimum Gasteiger partial charge on any atom is -0.390 e. The molecule has 5 N–H and O–H groups in total. The van der Waals surface area contributed by atoms with Gasteiger partial charge in [-0.2, -0.15) is 0 Å². The van der Waals surface area contributed by atoms with Crippen molar-refractivity contribution in [1.82, 2.24) is 9.88 Å². The van der Waals surface area contributed by atoms with Crippen LogP contribution in [0.4, 0.5) is 5.82 Å². The molecule has 7 heteroatoms. The molecule has 2 saturated carbocycles. The summed E-state index contributed by atoms with van der Waals surface area (Å²) in [4.78, 5) is 6.31. The molecular weight excluding hydrogens is 466 g/mol. The van der Waals surface area contributed by atoms with Crippen molar-refractivity contribution < 1.29 is 20.1 Å². The molecule has 37 heavy (non-hydrogen) atoms. The standard InChI is InChI=1S/C30H39N3O4/c1-27-9-11-29(36)15-21-24(34)25(35)22(33(2)3)16-28(21)10-12-30(29,37-28)23(27)7-6-20(27)18-5-4-17-8-13-32-26(31)19(17)14-18/h4-6,8,13-14,21-25,34-36H,7,9-12,15-16H2,1-3H3,(H2,31,32). The number of aliphatic hydroxyl groups excluding tert-OH is 2. The maximum absolute atomic E-state index is 12.3. The first kappa shape index (κ1) is 24.0. The number of nitrogens with two attached hydrogens (primary N) is 1. The summed E-state index contributed by atoms with van der Waals surface area (Å²) in [6.07, 6.45) is 7.49. The van der Waals surface area contributed by atoms with Crippen LogP contribution in [0.3, 0.4) is 0 Å². The lowest BCUT2D eigenvalue weighted by Gasteiger charge is -2.65. The van der Waals surface area contributed by atoms with Gasteiger partial charge in [0.2, 0.25) is 0 Å². The van der Waals surface area contributed by atoms with Crippen molar-refractivity contribution in [3.63, 3.8) is 0 Å². The van der Waals surface area contributed by atoms with E-state index in [1.165, 1.54) is 11.1 Å². The third-order valence-corrected chi connectivity index (χ3v) is 11.4. The van der Waals surface area contributed by atoms with E-state index in [1.54, 1.807) is 6.20 Å². The number of anilines is 1. The van der Waals surface area contributed by atoms with E-state index in [4.69, 9.17) is 10.5 Å². The summed E-state index contributed by atoms with van der Waals surface area (Å²) in [6, 6.07) is 8.30. The Morgan fingerprint density at radius 2 is 1.86 bits per heavy atom. The largest absolute Gasteiger partial charge is 0.390 e. The summed E-state index contributed by atoms with van der Waals surface area (Å²) in [5, 5.41) is 36.6. The van der Waals surface area contributed by atoms with E-state index in [9.17, 15) is 15.3 Å². The SMILES string of the molecule is CN(C)C1CC23CCC4(O2)C2CC=C(c5ccc6ccnc(N)c6c5)C2(C)CCC4(O)CC3C(O)C1O. The zero-order chi connectivity index (χ0) is 26.0. The fraction of sp³-hybridized carbons (Fsp3) is 0.633. The fourth-order valence-corrected chi connectivity index (χ4v) is 9.42. The first-order chi connectivity index (χ1) is 17.5. The van der Waals surface area contributed by atoms with Gasteiger partial charge < -0.3 is 30.7 Å². The molecule has 1 aromatic carbocycles. The van der Waals surface area contributed by atoms with Crippen LogP contribution in [0.15, 0.2) is 36.5 Å². The van der Waals surface area contributed by atoms with Crippen LogP contribution in [-0.4, -0.2) is 74.4 Å². The molecule has 2 aliphatic heterocycles. The Bertz CT molecular complexity index is 1310. The average Bonchev–Trinajstić information content (AvgIpc) is 3.40. The maximum Gasteiger partial charge on any atom is 0.131 e. The molecule has 9 atom stereocenters. The molecule has 3 heterocycles. The molecule has 1 aromatic heterocycles. The molecule has 2 aromatic rings. The van der Waals surface area contributed by atoms with Crippen LogP contribution >= 0.6 is 0 Å². The highest BCUT2D eigenvalue weighted by Crippen LogP contribution is 2.71. The van der Waals surface area contributed by atoms with Gasteiger partial charge in [-0.25, -0.2) is 4.98 Å². The Labute approximate surface area is 218 Å². The monoisotopic (exact) mass is 505 g/mol. The molecule has 2 bridgehead atoms. The quantitative estimate of drug-likeness (QED) is 0.496. The van der Waals surface area contributed by atoms with Crippen LogP contribution in [0.5, 0.6) is 0 Å². The van der Waals surface area contributed by atoms with Crippen LogP contribution in [0.2, 0.25) is 0 Å². The van der Waals surface area contributed by atoms with Gasteiger partial charge in [0, 0.05) is 29.5 Å². The zero-order valence-corrected chi connectivity index (χ0v) is 22.0. The number of nitrogen functional groups attached to an aromatic ring is 1. The van der Waals surface area contributed by atoms with E-state index in [0.29, 0.717) is 25.1 Å². The number of allylic oxidation sites excluding steroid dienone is 2. The molecular formula is C30H39N3O4. The van der Waals surface area contributed by atoms with E-state index in [-0.39, 0.29) is 23.3 Å². The van der Waals surface area contributed by atoms with Crippen molar-refractivity contribution in [1.29, 1.82) is 0 Å². The van der Waals surface area contributed by atoms with Crippen LogP contribution < -0.4 is 5.73 Å². The number of fused-ring (bicyclic) bond motifs is 2. The number of ether oxygens (including phenoxy) is 1. The second kappa shape index (κ2) is 7.54. The van der Waals surface area contributed by atoms with Gasteiger partial charge in [0.1, 0.15) is 11.4 Å². The van der Waals surface area contributed by atoms with Crippen LogP contribution in [0, 0.1) is 17.3 Å². The topological polar surface area (TPSA) is 112 Å². The summed E-state index contributed by atoms with van der Waals surface area (Å²) in [7, 11) is 3.91. The summed E-state index contributed by atoms with van der Waals surface area (Å²) in [6.45, 7) is 2.35. The summed E-state index contributed by atoms with van der Waals surface area (Å²) in [5.74, 6) is 0.440. The van der Waals surface area contributed by atoms with Gasteiger partial charge in [-0.05, 0) is 93.1 Å². The fourth-order valence-electron chi connectivity index (χ4n) is 9.42. The van der Waals surface area contributed by atoms with E-state index >= 15 is 0 Å². The first-order valence-corrected chi connectivity index (χ1v) is 13.8. The first-order valence-electron chi connectivity index (χ1n) is 13.8. The number of rotatable bonds is 2. The molecule has 3 aliphatic carbocycles. The number of hydrogen-bond donors (Lipinski definition) is 4. The van der Waals surface area contributed by atoms with Crippen molar-refractivity contribution in [2.24, 2.45) is 17.3 Å². The average molecular weight is 506 g/mol. The van der Waals surface area contributed by atoms with Crippen molar-refractivity contribution >= 4 is 22.2 Å². The Balaban J connectivity index is 1.27. The second-order valence-electron chi connectivity index (χ2n) is 13.1. The Kier molecular flexibility index (Phi) is 4.90. The van der Waals surface area contributed by atoms with Gasteiger partial charge >= 0.3 is 0 Å². The number of pyridine rings is 1. The predicted molar refractivity (Wildman–Crippen MR) is 143 cm³/mol. The van der Waals surface area contributed by atoms with E-state index in [0.717, 1.165) is 36.5 Å². The summed E-state index contributed by atoms with van der Waals surface area (Å²) < 4.78 is 7.22. The highest BCUT2D eigenvalue weighted by Gasteiger charge is 2.76. The highest BCUT2D eigenvalue weighted by molar-refractivity contribution is 5.93. The second-order valence-corrected chi connectivity index (χ2v) is 13.1. The number of hydrogen-bond acceptors (Lipinski definition) is 7. The molecule has 0 radical (unpaired) electrons. The Hall–Kier alpha value is -2.03. The lowest BCUT2D eigenvalue weighted by Crippen LogP contribution is -2.73. The van der Waals surface area contributed by atoms with Gasteiger partial charge in [-0.15, -0.1) is 0 Å². The molecule has 198 valence electrons. The normalized spacial score (nSPS) is 46.5. The summed E-state index contributed by atoms with van der Waals surface area (Å²) >= 11 is 0. The minimum absolute atomic E-state index is 0.136. The molecule has 5 aliphatic rings. The Morgan fingerprint density at radius 3 is 2.65 bits per heavy atom. The molecule has 0 amide bonds. The van der Waals surface area contributed by atoms with Crippen molar-refractivity contribution in [3.05, 3.63) is 42.1 Å². The third-order valence-electron chi connectivity index (χ3n) is 11.4. The van der Waals surface area contributed by atoms with E-state index < -0.39 is 29.0 Å². The number of nitrogens with zero attached hydrogens (tertiary/aromatic N) is 2.